The summed E-state index contributed by atoms with van der Waals surface area (Å²) < 4.78 is 6.49. The molecule has 2 aliphatic rings. The van der Waals surface area contributed by atoms with Gasteiger partial charge >= 0.3 is 0 Å². The SMILES string of the molecule is CC(NC1CC2CCC1(C)C2(C)C)c1ccc(Br)o1. The standard InChI is InChI=1S/C16H24BrNO/c1-10(12-5-6-14(17)19-12)18-13-9-11-7-8-16(13,4)15(11,2)3/h5-6,10-11,13,18H,7-9H2,1-4H3. The van der Waals surface area contributed by atoms with Gasteiger partial charge in [-0.1, -0.05) is 20.8 Å². The van der Waals surface area contributed by atoms with Crippen molar-refractivity contribution in [3.63, 3.8) is 0 Å². The summed E-state index contributed by atoms with van der Waals surface area (Å²) in [5.41, 5.74) is 0.893. The van der Waals surface area contributed by atoms with E-state index in [1.54, 1.807) is 0 Å². The molecule has 1 aromatic rings. The van der Waals surface area contributed by atoms with Crippen LogP contribution in [-0.4, -0.2) is 6.04 Å². The van der Waals surface area contributed by atoms with E-state index < -0.39 is 0 Å². The zero-order chi connectivity index (χ0) is 13.8. The lowest BCUT2D eigenvalue weighted by molar-refractivity contribution is 0.114. The Morgan fingerprint density at radius 1 is 1.37 bits per heavy atom. The summed E-state index contributed by atoms with van der Waals surface area (Å²) in [6.07, 6.45) is 4.08. The largest absolute Gasteiger partial charge is 0.453 e. The van der Waals surface area contributed by atoms with Crippen LogP contribution in [0.2, 0.25) is 0 Å². The van der Waals surface area contributed by atoms with Gasteiger partial charge in [0.25, 0.3) is 0 Å². The molecule has 1 aromatic heterocycles. The summed E-state index contributed by atoms with van der Waals surface area (Å²) in [6, 6.07) is 4.92. The van der Waals surface area contributed by atoms with Crippen molar-refractivity contribution in [1.82, 2.24) is 5.32 Å². The first-order valence-corrected chi connectivity index (χ1v) is 8.15. The second-order valence-electron chi connectivity index (χ2n) is 7.19. The van der Waals surface area contributed by atoms with Gasteiger partial charge in [0.05, 0.1) is 6.04 Å². The fourth-order valence-corrected chi connectivity index (χ4v) is 4.72. The molecule has 1 heterocycles. The van der Waals surface area contributed by atoms with Crippen LogP contribution in [-0.2, 0) is 0 Å². The van der Waals surface area contributed by atoms with Crippen molar-refractivity contribution in [3.8, 4) is 0 Å². The van der Waals surface area contributed by atoms with E-state index in [1.807, 2.05) is 6.07 Å². The third kappa shape index (κ3) is 1.92. The number of fused-ring (bicyclic) bond motifs is 2. The van der Waals surface area contributed by atoms with Gasteiger partial charge in [0.1, 0.15) is 5.76 Å². The molecule has 3 heteroatoms. The summed E-state index contributed by atoms with van der Waals surface area (Å²) >= 11 is 3.38. The number of halogens is 1. The molecular weight excluding hydrogens is 302 g/mol. The number of rotatable bonds is 3. The van der Waals surface area contributed by atoms with Gasteiger partial charge in [-0.05, 0) is 71.0 Å². The van der Waals surface area contributed by atoms with Gasteiger partial charge in [-0.3, -0.25) is 0 Å². The number of hydrogen-bond donors (Lipinski definition) is 1. The molecule has 0 radical (unpaired) electrons. The van der Waals surface area contributed by atoms with E-state index in [9.17, 15) is 0 Å². The van der Waals surface area contributed by atoms with Gasteiger partial charge in [0.2, 0.25) is 0 Å². The van der Waals surface area contributed by atoms with Gasteiger partial charge in [-0.15, -0.1) is 0 Å². The monoisotopic (exact) mass is 325 g/mol. The fourth-order valence-electron chi connectivity index (χ4n) is 4.40. The predicted octanol–water partition coefficient (Wildman–Crippen LogP) is 4.91. The Morgan fingerprint density at radius 2 is 2.11 bits per heavy atom. The minimum atomic E-state index is 0.281. The molecule has 2 aliphatic carbocycles. The van der Waals surface area contributed by atoms with Crippen LogP contribution in [0.3, 0.4) is 0 Å². The Hall–Kier alpha value is -0.280. The molecule has 2 saturated carbocycles. The molecule has 1 N–H and O–H groups in total. The predicted molar refractivity (Wildman–Crippen MR) is 81.0 cm³/mol. The smallest absolute Gasteiger partial charge is 0.169 e. The Bertz CT molecular complexity index is 481. The maximum Gasteiger partial charge on any atom is 0.169 e. The zero-order valence-corrected chi connectivity index (χ0v) is 13.9. The van der Waals surface area contributed by atoms with E-state index in [-0.39, 0.29) is 6.04 Å². The summed E-state index contributed by atoms with van der Waals surface area (Å²) in [5, 5.41) is 3.82. The quantitative estimate of drug-likeness (QED) is 0.854. The lowest BCUT2D eigenvalue weighted by Crippen LogP contribution is -2.45. The first-order valence-electron chi connectivity index (χ1n) is 7.36. The van der Waals surface area contributed by atoms with Gasteiger partial charge in [-0.2, -0.15) is 0 Å². The van der Waals surface area contributed by atoms with Crippen molar-refractivity contribution in [1.29, 1.82) is 0 Å². The van der Waals surface area contributed by atoms with Gasteiger partial charge in [-0.25, -0.2) is 0 Å². The van der Waals surface area contributed by atoms with Crippen LogP contribution < -0.4 is 5.32 Å². The normalized spacial score (nSPS) is 37.7. The Balaban J connectivity index is 1.75. The molecule has 2 bridgehead atoms. The molecule has 0 spiro atoms. The minimum Gasteiger partial charge on any atom is -0.453 e. The molecule has 4 atom stereocenters. The van der Waals surface area contributed by atoms with Crippen LogP contribution in [0.4, 0.5) is 0 Å². The van der Waals surface area contributed by atoms with E-state index >= 15 is 0 Å². The molecule has 3 rings (SSSR count). The summed E-state index contributed by atoms with van der Waals surface area (Å²) in [7, 11) is 0. The molecule has 0 aliphatic heterocycles. The number of hydrogen-bond acceptors (Lipinski definition) is 2. The van der Waals surface area contributed by atoms with Crippen molar-refractivity contribution in [3.05, 3.63) is 22.6 Å². The molecule has 2 fully saturated rings. The van der Waals surface area contributed by atoms with Crippen LogP contribution >= 0.6 is 15.9 Å². The summed E-state index contributed by atoms with van der Waals surface area (Å²) in [6.45, 7) is 9.59. The zero-order valence-electron chi connectivity index (χ0n) is 12.3. The van der Waals surface area contributed by atoms with Crippen LogP contribution in [0.25, 0.3) is 0 Å². The van der Waals surface area contributed by atoms with E-state index in [1.165, 1.54) is 19.3 Å². The first-order chi connectivity index (χ1) is 8.84. The van der Waals surface area contributed by atoms with E-state index in [2.05, 4.69) is 55.0 Å². The van der Waals surface area contributed by atoms with E-state index in [0.29, 0.717) is 16.9 Å². The highest BCUT2D eigenvalue weighted by atomic mass is 79.9. The maximum atomic E-state index is 5.67. The van der Waals surface area contributed by atoms with Crippen LogP contribution in [0, 0.1) is 16.7 Å². The molecule has 19 heavy (non-hydrogen) atoms. The molecule has 4 unspecified atom stereocenters. The van der Waals surface area contributed by atoms with Crippen molar-refractivity contribution < 1.29 is 4.42 Å². The van der Waals surface area contributed by atoms with Crippen LogP contribution in [0.15, 0.2) is 21.2 Å². The molecule has 2 nitrogen and oxygen atoms in total. The molecule has 0 aromatic carbocycles. The summed E-state index contributed by atoms with van der Waals surface area (Å²) in [5.74, 6) is 1.90. The van der Waals surface area contributed by atoms with Gasteiger partial charge in [0, 0.05) is 6.04 Å². The van der Waals surface area contributed by atoms with Crippen LogP contribution in [0.5, 0.6) is 0 Å². The lowest BCUT2D eigenvalue weighted by atomic mass is 9.69. The third-order valence-corrected chi connectivity index (χ3v) is 6.69. The third-order valence-electron chi connectivity index (χ3n) is 6.27. The average molecular weight is 326 g/mol. The maximum absolute atomic E-state index is 5.67. The second kappa shape index (κ2) is 4.36. The number of nitrogens with one attached hydrogen (secondary N) is 1. The molecule has 106 valence electrons. The first kappa shape index (κ1) is 13.7. The fraction of sp³-hybridized carbons (Fsp3) is 0.750. The van der Waals surface area contributed by atoms with Crippen molar-refractivity contribution in [2.24, 2.45) is 16.7 Å². The topological polar surface area (TPSA) is 25.2 Å². The van der Waals surface area contributed by atoms with Crippen molar-refractivity contribution >= 4 is 15.9 Å². The van der Waals surface area contributed by atoms with Gasteiger partial charge < -0.3 is 9.73 Å². The van der Waals surface area contributed by atoms with E-state index in [4.69, 9.17) is 4.42 Å². The molecule has 0 saturated heterocycles. The Labute approximate surface area is 124 Å². The highest BCUT2D eigenvalue weighted by Crippen LogP contribution is 2.65. The molecule has 0 amide bonds. The average Bonchev–Trinajstić information content (AvgIpc) is 2.91. The van der Waals surface area contributed by atoms with Gasteiger partial charge in [0.15, 0.2) is 4.67 Å². The number of furan rings is 1. The van der Waals surface area contributed by atoms with Crippen molar-refractivity contribution in [2.75, 3.05) is 0 Å². The minimum absolute atomic E-state index is 0.281. The Morgan fingerprint density at radius 3 is 2.58 bits per heavy atom. The van der Waals surface area contributed by atoms with E-state index in [0.717, 1.165) is 16.3 Å². The highest BCUT2D eigenvalue weighted by molar-refractivity contribution is 9.10. The molecular formula is C16H24BrNO. The van der Waals surface area contributed by atoms with Crippen molar-refractivity contribution in [2.45, 2.75) is 59.0 Å². The van der Waals surface area contributed by atoms with Crippen LogP contribution in [0.1, 0.15) is 58.8 Å². The highest BCUT2D eigenvalue weighted by Gasteiger charge is 2.61. The summed E-state index contributed by atoms with van der Waals surface area (Å²) in [4.78, 5) is 0. The lowest BCUT2D eigenvalue weighted by Gasteiger charge is -2.40. The Kier molecular flexibility index (Phi) is 3.14. The second-order valence-corrected chi connectivity index (χ2v) is 7.97.